The van der Waals surface area contributed by atoms with Crippen LogP contribution in [0.4, 0.5) is 17.1 Å². The number of benzene rings is 4. The molecule has 190 valence electrons. The van der Waals surface area contributed by atoms with E-state index in [-0.39, 0.29) is 5.97 Å². The van der Waals surface area contributed by atoms with E-state index in [4.69, 9.17) is 9.47 Å². The van der Waals surface area contributed by atoms with Crippen LogP contribution >= 0.6 is 0 Å². The number of fused-ring (bicyclic) bond motifs is 6. The van der Waals surface area contributed by atoms with Crippen molar-refractivity contribution in [2.24, 2.45) is 0 Å². The van der Waals surface area contributed by atoms with Gasteiger partial charge in [-0.05, 0) is 61.4 Å². The molecule has 1 N–H and O–H groups in total. The van der Waals surface area contributed by atoms with E-state index in [0.29, 0.717) is 17.4 Å². The first kappa shape index (κ1) is 22.9. The van der Waals surface area contributed by atoms with Crippen molar-refractivity contribution in [2.75, 3.05) is 17.3 Å². The van der Waals surface area contributed by atoms with Gasteiger partial charge >= 0.3 is 5.97 Å². The monoisotopic (exact) mass is 502 g/mol. The topological polar surface area (TPSA) is 50.8 Å². The summed E-state index contributed by atoms with van der Waals surface area (Å²) < 4.78 is 12.9. The zero-order valence-electron chi connectivity index (χ0n) is 21.4. The molecule has 5 nitrogen and oxygen atoms in total. The summed E-state index contributed by atoms with van der Waals surface area (Å²) in [7, 11) is 2.18. The lowest BCUT2D eigenvalue weighted by Crippen LogP contribution is -2.35. The molecule has 2 aliphatic heterocycles. The van der Waals surface area contributed by atoms with Crippen LogP contribution in [0, 0.1) is 0 Å². The smallest absolute Gasteiger partial charge is 0.340 e. The van der Waals surface area contributed by atoms with Crippen molar-refractivity contribution in [1.29, 1.82) is 0 Å². The van der Waals surface area contributed by atoms with E-state index in [1.165, 1.54) is 32.1 Å². The average molecular weight is 503 g/mol. The third-order valence-electron chi connectivity index (χ3n) is 8.29. The molecule has 0 radical (unpaired) electrons. The number of esters is 1. The molecule has 0 saturated heterocycles. The fourth-order valence-electron chi connectivity index (χ4n) is 6.33. The van der Waals surface area contributed by atoms with Crippen molar-refractivity contribution >= 4 is 23.0 Å². The molecule has 3 aliphatic rings. The van der Waals surface area contributed by atoms with Gasteiger partial charge in [-0.1, -0.05) is 55.7 Å². The fourth-order valence-corrected chi connectivity index (χ4v) is 6.33. The van der Waals surface area contributed by atoms with Crippen LogP contribution in [-0.2, 0) is 10.3 Å². The van der Waals surface area contributed by atoms with Gasteiger partial charge in [0.1, 0.15) is 11.5 Å². The molecule has 38 heavy (non-hydrogen) atoms. The highest BCUT2D eigenvalue weighted by atomic mass is 16.6. The predicted molar refractivity (Wildman–Crippen MR) is 150 cm³/mol. The molecule has 0 aromatic heterocycles. The maximum Gasteiger partial charge on any atom is 0.340 e. The molecule has 7 rings (SSSR count). The molecule has 4 aromatic rings. The number of nitrogens with one attached hydrogen (secondary N) is 1. The summed E-state index contributed by atoms with van der Waals surface area (Å²) >= 11 is 0. The second kappa shape index (κ2) is 8.95. The average Bonchev–Trinajstić information content (AvgIpc) is 3.26. The minimum atomic E-state index is -1.08. The maximum atomic E-state index is 13.2. The van der Waals surface area contributed by atoms with Crippen molar-refractivity contribution in [1.82, 2.24) is 0 Å². The van der Waals surface area contributed by atoms with Gasteiger partial charge in [0.05, 0.1) is 5.56 Å². The van der Waals surface area contributed by atoms with Gasteiger partial charge in [0, 0.05) is 52.9 Å². The molecule has 1 fully saturated rings. The summed E-state index contributed by atoms with van der Waals surface area (Å²) in [5.41, 5.74) is 5.03. The van der Waals surface area contributed by atoms with E-state index in [1.807, 2.05) is 72.8 Å². The van der Waals surface area contributed by atoms with E-state index in [0.717, 1.165) is 39.5 Å². The van der Waals surface area contributed by atoms with Crippen molar-refractivity contribution in [2.45, 2.75) is 43.7 Å². The molecule has 1 aliphatic carbocycles. The van der Waals surface area contributed by atoms with Crippen molar-refractivity contribution in [3.05, 3.63) is 113 Å². The number of nitrogens with zero attached hydrogens (tertiary/aromatic N) is 1. The summed E-state index contributed by atoms with van der Waals surface area (Å²) in [6.45, 7) is 0. The van der Waals surface area contributed by atoms with Crippen LogP contribution in [0.1, 0.15) is 59.2 Å². The molecule has 1 spiro atoms. The van der Waals surface area contributed by atoms with Crippen molar-refractivity contribution in [3.8, 4) is 11.5 Å². The minimum Gasteiger partial charge on any atom is -0.456 e. The lowest BCUT2D eigenvalue weighted by molar-refractivity contribution is 0.0224. The van der Waals surface area contributed by atoms with Crippen molar-refractivity contribution < 1.29 is 14.3 Å². The largest absolute Gasteiger partial charge is 0.456 e. The van der Waals surface area contributed by atoms with Crippen LogP contribution in [0.25, 0.3) is 0 Å². The summed E-state index contributed by atoms with van der Waals surface area (Å²) in [6.07, 6.45) is 6.30. The summed E-state index contributed by atoms with van der Waals surface area (Å²) in [5.74, 6) is 1.10. The number of ether oxygens (including phenoxy) is 2. The van der Waals surface area contributed by atoms with Gasteiger partial charge in [0.2, 0.25) is 0 Å². The summed E-state index contributed by atoms with van der Waals surface area (Å²) in [5, 5.41) is 3.48. The zero-order chi connectivity index (χ0) is 25.7. The normalized spacial score (nSPS) is 19.7. The second-order valence-corrected chi connectivity index (χ2v) is 10.5. The molecule has 1 saturated carbocycles. The zero-order valence-corrected chi connectivity index (χ0v) is 21.4. The first-order chi connectivity index (χ1) is 18.6. The summed E-state index contributed by atoms with van der Waals surface area (Å²) in [6, 6.07) is 30.6. The van der Waals surface area contributed by atoms with E-state index >= 15 is 0 Å². The Labute approximate surface area is 223 Å². The van der Waals surface area contributed by atoms with Crippen LogP contribution < -0.4 is 15.0 Å². The number of carbonyl (C=O) groups is 1. The number of hydrogen-bond donors (Lipinski definition) is 1. The molecule has 2 heterocycles. The van der Waals surface area contributed by atoms with Crippen LogP contribution in [0.3, 0.4) is 0 Å². The number of anilines is 3. The number of hydrogen-bond acceptors (Lipinski definition) is 5. The number of carbonyl (C=O) groups excluding carboxylic acids is 1. The highest BCUT2D eigenvalue weighted by Crippen LogP contribution is 2.57. The molecule has 1 atom stereocenters. The third-order valence-corrected chi connectivity index (χ3v) is 8.29. The van der Waals surface area contributed by atoms with Gasteiger partial charge in [-0.15, -0.1) is 0 Å². The van der Waals surface area contributed by atoms with Crippen LogP contribution in [0.15, 0.2) is 91.0 Å². The Balaban J connectivity index is 1.37. The Bertz CT molecular complexity index is 1530. The lowest BCUT2D eigenvalue weighted by atomic mass is 9.77. The van der Waals surface area contributed by atoms with Crippen LogP contribution in [0.2, 0.25) is 0 Å². The van der Waals surface area contributed by atoms with E-state index < -0.39 is 5.60 Å². The third kappa shape index (κ3) is 3.57. The fraction of sp³-hybridized carbons (Fsp3) is 0.242. The minimum absolute atomic E-state index is 0.316. The lowest BCUT2D eigenvalue weighted by Gasteiger charge is -2.38. The van der Waals surface area contributed by atoms with E-state index in [2.05, 4.69) is 35.5 Å². The van der Waals surface area contributed by atoms with Crippen LogP contribution in [0.5, 0.6) is 11.5 Å². The van der Waals surface area contributed by atoms with E-state index in [9.17, 15) is 4.79 Å². The standard InChI is InChI=1S/C33H30N2O3/c1-35(24-12-6-3-7-13-24)25-17-18-28-31(21-25)37-30-19-16-23(34-22-10-4-2-5-11-22)20-29(30)33(28)27-15-9-8-14-26(27)32(36)38-33/h2,4-5,8-11,14-21,24,34H,3,6-7,12-13H2,1H3. The van der Waals surface area contributed by atoms with Gasteiger partial charge in [-0.25, -0.2) is 4.79 Å². The highest BCUT2D eigenvalue weighted by Gasteiger charge is 2.53. The second-order valence-electron chi connectivity index (χ2n) is 10.5. The molecule has 4 aromatic carbocycles. The summed E-state index contributed by atoms with van der Waals surface area (Å²) in [4.78, 5) is 15.6. The Kier molecular flexibility index (Phi) is 5.39. The van der Waals surface area contributed by atoms with Gasteiger partial charge in [0.15, 0.2) is 5.60 Å². The van der Waals surface area contributed by atoms with Gasteiger partial charge in [0.25, 0.3) is 0 Å². The maximum absolute atomic E-state index is 13.2. The number of rotatable bonds is 4. The van der Waals surface area contributed by atoms with Crippen molar-refractivity contribution in [3.63, 3.8) is 0 Å². The molecule has 5 heteroatoms. The van der Waals surface area contributed by atoms with Gasteiger partial charge in [-0.3, -0.25) is 0 Å². The molecular formula is C33H30N2O3. The molecule has 0 bridgehead atoms. The molecular weight excluding hydrogens is 472 g/mol. The molecule has 0 amide bonds. The van der Waals surface area contributed by atoms with Crippen LogP contribution in [-0.4, -0.2) is 19.1 Å². The Hall–Kier alpha value is -4.25. The highest BCUT2D eigenvalue weighted by molar-refractivity contribution is 5.97. The predicted octanol–water partition coefficient (Wildman–Crippen LogP) is 7.77. The Morgan fingerprint density at radius 3 is 2.39 bits per heavy atom. The quantitative estimate of drug-likeness (QED) is 0.289. The SMILES string of the molecule is CN(c1ccc2c(c1)Oc1ccc(Nc3ccccc3)cc1C21OC(=O)c2ccccc21)C1CCCCC1. The van der Waals surface area contributed by atoms with Gasteiger partial charge in [-0.2, -0.15) is 0 Å². The number of para-hydroxylation sites is 1. The Morgan fingerprint density at radius 2 is 1.55 bits per heavy atom. The Morgan fingerprint density at radius 1 is 0.763 bits per heavy atom. The van der Waals surface area contributed by atoms with E-state index in [1.54, 1.807) is 0 Å². The molecule has 1 unspecified atom stereocenters. The first-order valence-corrected chi connectivity index (χ1v) is 13.5. The van der Waals surface area contributed by atoms with Gasteiger partial charge < -0.3 is 19.7 Å². The first-order valence-electron chi connectivity index (χ1n) is 13.5.